The predicted octanol–water partition coefficient (Wildman–Crippen LogP) is 4.03. The lowest BCUT2D eigenvalue weighted by Crippen LogP contribution is -2.64. The molecule has 4 rings (SSSR count). The van der Waals surface area contributed by atoms with Crippen LogP contribution in [0.2, 0.25) is 0 Å². The maximum absolute atomic E-state index is 15.0. The predicted molar refractivity (Wildman–Crippen MR) is 201 cm³/mol. The van der Waals surface area contributed by atoms with Crippen molar-refractivity contribution in [3.05, 3.63) is 36.9 Å². The van der Waals surface area contributed by atoms with Gasteiger partial charge in [-0.2, -0.15) is 0 Å². The fourth-order valence-electron chi connectivity index (χ4n) is 8.72. The van der Waals surface area contributed by atoms with Gasteiger partial charge in [-0.05, 0) is 61.2 Å². The molecular formula is C40H61N7O6. The molecule has 1 aromatic heterocycles. The lowest BCUT2D eigenvalue weighted by Gasteiger charge is -2.45. The quantitative estimate of drug-likeness (QED) is 0.145. The molecule has 2 saturated carbocycles. The summed E-state index contributed by atoms with van der Waals surface area (Å²) in [4.78, 5) is 93.0. The van der Waals surface area contributed by atoms with Gasteiger partial charge in [0, 0.05) is 25.5 Å². The van der Waals surface area contributed by atoms with Crippen LogP contribution in [0.1, 0.15) is 129 Å². The summed E-state index contributed by atoms with van der Waals surface area (Å²) in [6.45, 7) is 13.9. The topological polar surface area (TPSA) is 180 Å². The molecule has 3 aliphatic rings. The molecule has 1 unspecified atom stereocenters. The molecule has 292 valence electrons. The maximum atomic E-state index is 15.0. The Balaban J connectivity index is 1.67. The molecule has 0 bridgehead atoms. The van der Waals surface area contributed by atoms with E-state index in [-0.39, 0.29) is 36.4 Å². The molecule has 3 fully saturated rings. The molecule has 2 heterocycles. The van der Waals surface area contributed by atoms with Crippen LogP contribution in [0, 0.1) is 22.7 Å². The Hall–Kier alpha value is -4.16. The maximum Gasteiger partial charge on any atom is 0.289 e. The molecule has 0 radical (unpaired) electrons. The average molecular weight is 736 g/mol. The molecule has 2 aliphatic carbocycles. The zero-order valence-corrected chi connectivity index (χ0v) is 32.4. The molecule has 0 spiro atoms. The summed E-state index contributed by atoms with van der Waals surface area (Å²) in [5, 5.41) is 11.5. The molecule has 4 N–H and O–H groups in total. The van der Waals surface area contributed by atoms with Gasteiger partial charge in [-0.3, -0.25) is 33.8 Å². The van der Waals surface area contributed by atoms with Crippen molar-refractivity contribution < 1.29 is 28.8 Å². The Morgan fingerprint density at radius 1 is 0.906 bits per heavy atom. The molecule has 53 heavy (non-hydrogen) atoms. The van der Waals surface area contributed by atoms with Crippen molar-refractivity contribution in [3.63, 3.8) is 0 Å². The summed E-state index contributed by atoms with van der Waals surface area (Å²) in [5.41, 5.74) is -1.06. The highest BCUT2D eigenvalue weighted by Crippen LogP contribution is 2.43. The first-order chi connectivity index (χ1) is 25.3. The van der Waals surface area contributed by atoms with E-state index in [0.29, 0.717) is 32.2 Å². The number of rotatable bonds is 16. The molecule has 1 aliphatic heterocycles. The van der Waals surface area contributed by atoms with Gasteiger partial charge in [-0.25, -0.2) is 4.98 Å². The van der Waals surface area contributed by atoms with Crippen LogP contribution in [-0.2, 0) is 24.0 Å². The van der Waals surface area contributed by atoms with Gasteiger partial charge >= 0.3 is 0 Å². The number of amides is 5. The van der Waals surface area contributed by atoms with Crippen molar-refractivity contribution in [2.24, 2.45) is 22.7 Å². The number of nitrogens with zero attached hydrogens (tertiary/aromatic N) is 3. The number of Topliss-reactive ketones (excluding diaryl/α,β-unsaturated/α-hetero) is 1. The Kier molecular flexibility index (Phi) is 14.7. The number of hydrogen-bond donors (Lipinski definition) is 4. The molecule has 1 saturated heterocycles. The van der Waals surface area contributed by atoms with Gasteiger partial charge in [-0.1, -0.05) is 85.6 Å². The Bertz CT molecular complexity index is 1470. The van der Waals surface area contributed by atoms with Crippen molar-refractivity contribution >= 4 is 35.3 Å². The van der Waals surface area contributed by atoms with Gasteiger partial charge in [0.2, 0.25) is 23.5 Å². The fraction of sp³-hybridized carbons (Fsp3) is 0.700. The first kappa shape index (κ1) is 41.6. The van der Waals surface area contributed by atoms with Crippen LogP contribution in [0.25, 0.3) is 0 Å². The first-order valence-corrected chi connectivity index (χ1v) is 19.7. The third-order valence-electron chi connectivity index (χ3n) is 11.9. The van der Waals surface area contributed by atoms with Crippen LogP contribution < -0.4 is 21.3 Å². The minimum atomic E-state index is -1.05. The van der Waals surface area contributed by atoms with Gasteiger partial charge in [0.15, 0.2) is 0 Å². The normalized spacial score (nSPS) is 22.5. The van der Waals surface area contributed by atoms with Gasteiger partial charge in [0.05, 0.1) is 12.2 Å². The smallest absolute Gasteiger partial charge is 0.289 e. The highest BCUT2D eigenvalue weighted by atomic mass is 16.2. The van der Waals surface area contributed by atoms with Crippen LogP contribution >= 0.6 is 0 Å². The van der Waals surface area contributed by atoms with E-state index in [1.54, 1.807) is 4.90 Å². The van der Waals surface area contributed by atoms with E-state index in [2.05, 4.69) is 37.8 Å². The molecule has 5 amide bonds. The van der Waals surface area contributed by atoms with Crippen LogP contribution in [0.15, 0.2) is 31.2 Å². The second-order valence-corrected chi connectivity index (χ2v) is 16.3. The van der Waals surface area contributed by atoms with Gasteiger partial charge in [0.1, 0.15) is 23.8 Å². The summed E-state index contributed by atoms with van der Waals surface area (Å²) in [6.07, 6.45) is 15.7. The van der Waals surface area contributed by atoms with Crippen LogP contribution in [0.5, 0.6) is 0 Å². The van der Waals surface area contributed by atoms with Crippen LogP contribution in [0.4, 0.5) is 0 Å². The van der Waals surface area contributed by atoms with E-state index < -0.39 is 64.4 Å². The molecule has 0 aromatic carbocycles. The van der Waals surface area contributed by atoms with Crippen molar-refractivity contribution in [2.75, 3.05) is 13.1 Å². The van der Waals surface area contributed by atoms with Crippen molar-refractivity contribution in [1.82, 2.24) is 36.1 Å². The lowest BCUT2D eigenvalue weighted by atomic mass is 9.68. The Morgan fingerprint density at radius 2 is 1.53 bits per heavy atom. The lowest BCUT2D eigenvalue weighted by molar-refractivity contribution is -0.147. The van der Waals surface area contributed by atoms with E-state index in [9.17, 15) is 24.0 Å². The molecular weight excluding hydrogens is 674 g/mol. The number of likely N-dealkylation sites (tertiary alicyclic amines) is 1. The molecule has 13 heteroatoms. The monoisotopic (exact) mass is 735 g/mol. The number of ketones is 1. The number of hydrogen-bond acceptors (Lipinski definition) is 8. The zero-order chi connectivity index (χ0) is 38.8. The van der Waals surface area contributed by atoms with Gasteiger partial charge in [-0.15, -0.1) is 6.58 Å². The van der Waals surface area contributed by atoms with Crippen molar-refractivity contribution in [1.29, 1.82) is 0 Å². The number of nitrogens with one attached hydrogen (secondary N) is 4. The number of aromatic nitrogens is 2. The second-order valence-electron chi connectivity index (χ2n) is 16.3. The molecule has 1 aromatic rings. The van der Waals surface area contributed by atoms with Crippen molar-refractivity contribution in [2.45, 2.75) is 142 Å². The average Bonchev–Trinajstić information content (AvgIpc) is 3.61. The standard InChI is InChI=1S/C40H61N7O6/c1-7-15-28(31(48)36(51)43-21-8-2)44-35(50)30-27(26(3)4)16-24-47(30)38(53)33(40(6)19-13-10-14-20-40)46-37(52)32(39(5)17-11-9-12-18-39)45-34(49)29-25-41-22-23-42-29/h8,22-23,25-28,30,32-33H,2,7,9-21,24H2,1,3-6H3,(H,43,51)(H,44,50)(H,45,49)(H,46,52)/t27-,28?,30+,32-,33-/m1/s1. The summed E-state index contributed by atoms with van der Waals surface area (Å²) in [7, 11) is 0. The summed E-state index contributed by atoms with van der Waals surface area (Å²) >= 11 is 0. The number of carbonyl (C=O) groups is 6. The Labute approximate surface area is 314 Å². The van der Waals surface area contributed by atoms with E-state index in [1.807, 2.05) is 34.6 Å². The summed E-state index contributed by atoms with van der Waals surface area (Å²) in [6, 6.07) is -3.85. The van der Waals surface area contributed by atoms with Crippen LogP contribution in [0.3, 0.4) is 0 Å². The highest BCUT2D eigenvalue weighted by Gasteiger charge is 2.51. The minimum absolute atomic E-state index is 0.0324. The zero-order valence-electron chi connectivity index (χ0n) is 32.4. The van der Waals surface area contributed by atoms with Gasteiger partial charge in [0.25, 0.3) is 11.8 Å². The van der Waals surface area contributed by atoms with Gasteiger partial charge < -0.3 is 26.2 Å². The SMILES string of the molecule is C=CCNC(=O)C(=O)C(CCC)NC(=O)[C@@H]1[C@@H](C(C)C)CCN1C(=O)[C@@H](NC(=O)[C@@H](NC(=O)c1cnccn1)C1(C)CCCCC1)C1(C)CCCCC1. The number of carbonyl (C=O) groups excluding carboxylic acids is 6. The minimum Gasteiger partial charge on any atom is -0.346 e. The van der Waals surface area contributed by atoms with E-state index in [4.69, 9.17) is 0 Å². The van der Waals surface area contributed by atoms with E-state index in [1.165, 1.54) is 24.7 Å². The largest absolute Gasteiger partial charge is 0.346 e. The molecule has 5 atom stereocenters. The van der Waals surface area contributed by atoms with E-state index in [0.717, 1.165) is 51.4 Å². The third kappa shape index (κ3) is 10.1. The van der Waals surface area contributed by atoms with Crippen molar-refractivity contribution in [3.8, 4) is 0 Å². The summed E-state index contributed by atoms with van der Waals surface area (Å²) in [5.74, 6) is -3.50. The fourth-order valence-corrected chi connectivity index (χ4v) is 8.72. The Morgan fingerprint density at radius 3 is 2.08 bits per heavy atom. The molecule has 13 nitrogen and oxygen atoms in total. The third-order valence-corrected chi connectivity index (χ3v) is 11.9. The first-order valence-electron chi connectivity index (χ1n) is 19.7. The highest BCUT2D eigenvalue weighted by molar-refractivity contribution is 6.38. The van der Waals surface area contributed by atoms with Crippen LogP contribution in [-0.4, -0.2) is 87.4 Å². The van der Waals surface area contributed by atoms with E-state index >= 15 is 4.79 Å². The second kappa shape index (κ2) is 18.7. The summed E-state index contributed by atoms with van der Waals surface area (Å²) < 4.78 is 0.